The van der Waals surface area contributed by atoms with E-state index >= 15 is 0 Å². The van der Waals surface area contributed by atoms with Gasteiger partial charge in [-0.3, -0.25) is 9.69 Å². The molecular formula is C20H29NO. The van der Waals surface area contributed by atoms with Gasteiger partial charge >= 0.3 is 0 Å². The number of piperidine rings is 2. The van der Waals surface area contributed by atoms with Crippen molar-refractivity contribution in [3.05, 3.63) is 35.9 Å². The van der Waals surface area contributed by atoms with Crippen molar-refractivity contribution in [1.29, 1.82) is 0 Å². The van der Waals surface area contributed by atoms with Crippen molar-refractivity contribution >= 4 is 5.78 Å². The van der Waals surface area contributed by atoms with Crippen molar-refractivity contribution in [3.8, 4) is 0 Å². The minimum atomic E-state index is 0.342. The molecule has 2 nitrogen and oxygen atoms in total. The summed E-state index contributed by atoms with van der Waals surface area (Å²) in [5, 5.41) is 0. The maximum atomic E-state index is 12.4. The molecule has 120 valence electrons. The minimum Gasteiger partial charge on any atom is -0.299 e. The Labute approximate surface area is 134 Å². The van der Waals surface area contributed by atoms with Crippen LogP contribution in [0.3, 0.4) is 0 Å². The Morgan fingerprint density at radius 2 is 1.82 bits per heavy atom. The monoisotopic (exact) mass is 299 g/mol. The summed E-state index contributed by atoms with van der Waals surface area (Å²) in [5.41, 5.74) is 1.41. The van der Waals surface area contributed by atoms with E-state index in [0.717, 1.165) is 38.6 Å². The van der Waals surface area contributed by atoms with Crippen LogP contribution in [0.5, 0.6) is 0 Å². The van der Waals surface area contributed by atoms with Gasteiger partial charge in [0.15, 0.2) is 0 Å². The molecule has 0 radical (unpaired) electrons. The van der Waals surface area contributed by atoms with Crippen LogP contribution < -0.4 is 0 Å². The summed E-state index contributed by atoms with van der Waals surface area (Å²) in [6.45, 7) is 3.23. The standard InChI is InChI=1S/C20H29NO/c1-2-3-12-20(22)17-13-18-10-7-11-19(14-17)21(18)15-16-8-5-4-6-9-16/h4-6,8-9,17-19H,2-3,7,10-15H2,1H3. The summed E-state index contributed by atoms with van der Waals surface area (Å²) in [6.07, 6.45) is 9.11. The number of carbonyl (C=O) groups is 1. The van der Waals surface area contributed by atoms with Crippen molar-refractivity contribution in [2.75, 3.05) is 0 Å². The minimum absolute atomic E-state index is 0.342. The molecular weight excluding hydrogens is 270 g/mol. The summed E-state index contributed by atoms with van der Waals surface area (Å²) in [6, 6.07) is 12.1. The van der Waals surface area contributed by atoms with Crippen LogP contribution in [-0.4, -0.2) is 22.8 Å². The maximum Gasteiger partial charge on any atom is 0.136 e. The molecule has 2 saturated heterocycles. The van der Waals surface area contributed by atoms with Crippen LogP contribution in [0.2, 0.25) is 0 Å². The van der Waals surface area contributed by atoms with Gasteiger partial charge in [0.05, 0.1) is 0 Å². The Morgan fingerprint density at radius 3 is 2.45 bits per heavy atom. The van der Waals surface area contributed by atoms with E-state index in [0.29, 0.717) is 23.8 Å². The lowest BCUT2D eigenvalue weighted by atomic mass is 9.76. The van der Waals surface area contributed by atoms with E-state index in [-0.39, 0.29) is 0 Å². The van der Waals surface area contributed by atoms with Gasteiger partial charge in [0.2, 0.25) is 0 Å². The third kappa shape index (κ3) is 3.60. The lowest BCUT2D eigenvalue weighted by Crippen LogP contribution is -2.52. The third-order valence-corrected chi connectivity index (χ3v) is 5.57. The topological polar surface area (TPSA) is 20.3 Å². The highest BCUT2D eigenvalue weighted by molar-refractivity contribution is 5.81. The van der Waals surface area contributed by atoms with Gasteiger partial charge in [-0.05, 0) is 37.7 Å². The van der Waals surface area contributed by atoms with Crippen molar-refractivity contribution in [1.82, 2.24) is 4.90 Å². The van der Waals surface area contributed by atoms with Crippen LogP contribution >= 0.6 is 0 Å². The van der Waals surface area contributed by atoms with Gasteiger partial charge in [-0.1, -0.05) is 50.1 Å². The first-order chi connectivity index (χ1) is 10.8. The smallest absolute Gasteiger partial charge is 0.136 e. The number of hydrogen-bond acceptors (Lipinski definition) is 2. The van der Waals surface area contributed by atoms with Crippen molar-refractivity contribution < 1.29 is 4.79 Å². The molecule has 0 aliphatic carbocycles. The van der Waals surface area contributed by atoms with E-state index in [1.165, 1.54) is 24.8 Å². The first kappa shape index (κ1) is 15.7. The van der Waals surface area contributed by atoms with Crippen LogP contribution in [-0.2, 0) is 11.3 Å². The zero-order chi connectivity index (χ0) is 15.4. The fourth-order valence-corrected chi connectivity index (χ4v) is 4.35. The van der Waals surface area contributed by atoms with E-state index in [1.807, 2.05) is 0 Å². The zero-order valence-electron chi connectivity index (χ0n) is 13.8. The molecule has 2 aliphatic rings. The highest BCUT2D eigenvalue weighted by Crippen LogP contribution is 2.38. The van der Waals surface area contributed by atoms with Gasteiger partial charge in [-0.25, -0.2) is 0 Å². The molecule has 1 aromatic carbocycles. The molecule has 2 unspecified atom stereocenters. The molecule has 0 saturated carbocycles. The summed E-state index contributed by atoms with van der Waals surface area (Å²) in [4.78, 5) is 15.1. The molecule has 2 atom stereocenters. The van der Waals surface area contributed by atoms with Crippen LogP contribution in [0.25, 0.3) is 0 Å². The molecule has 3 rings (SSSR count). The largest absolute Gasteiger partial charge is 0.299 e. The quantitative estimate of drug-likeness (QED) is 0.766. The number of nitrogens with zero attached hydrogens (tertiary/aromatic N) is 1. The van der Waals surface area contributed by atoms with Crippen LogP contribution in [0.4, 0.5) is 0 Å². The summed E-state index contributed by atoms with van der Waals surface area (Å²) >= 11 is 0. The maximum absolute atomic E-state index is 12.4. The van der Waals surface area contributed by atoms with Crippen molar-refractivity contribution in [3.63, 3.8) is 0 Å². The van der Waals surface area contributed by atoms with E-state index in [9.17, 15) is 4.79 Å². The lowest BCUT2D eigenvalue weighted by molar-refractivity contribution is -0.127. The molecule has 0 N–H and O–H groups in total. The fourth-order valence-electron chi connectivity index (χ4n) is 4.35. The predicted octanol–water partition coefficient (Wildman–Crippen LogP) is 4.58. The summed E-state index contributed by atoms with van der Waals surface area (Å²) in [7, 11) is 0. The number of carbonyl (C=O) groups excluding carboxylic acids is 1. The van der Waals surface area contributed by atoms with Gasteiger partial charge in [0, 0.05) is 31.0 Å². The fraction of sp³-hybridized carbons (Fsp3) is 0.650. The van der Waals surface area contributed by atoms with Gasteiger partial charge in [0.1, 0.15) is 5.78 Å². The Hall–Kier alpha value is -1.15. The average Bonchev–Trinajstić information content (AvgIpc) is 2.53. The Bertz CT molecular complexity index is 470. The summed E-state index contributed by atoms with van der Waals surface area (Å²) < 4.78 is 0. The molecule has 0 amide bonds. The molecule has 2 fully saturated rings. The first-order valence-corrected chi connectivity index (χ1v) is 9.10. The van der Waals surface area contributed by atoms with Crippen LogP contribution in [0, 0.1) is 5.92 Å². The molecule has 1 aromatic rings. The normalized spacial score (nSPS) is 28.5. The van der Waals surface area contributed by atoms with Gasteiger partial charge < -0.3 is 0 Å². The van der Waals surface area contributed by atoms with E-state index in [2.05, 4.69) is 42.2 Å². The molecule has 2 bridgehead atoms. The number of hydrogen-bond donors (Lipinski definition) is 0. The molecule has 0 aromatic heterocycles. The Kier molecular flexibility index (Phi) is 5.30. The lowest BCUT2D eigenvalue weighted by Gasteiger charge is -2.48. The zero-order valence-corrected chi connectivity index (χ0v) is 13.8. The molecule has 2 aliphatic heterocycles. The number of unbranched alkanes of at least 4 members (excludes halogenated alkanes) is 1. The van der Waals surface area contributed by atoms with E-state index in [1.54, 1.807) is 0 Å². The summed E-state index contributed by atoms with van der Waals surface area (Å²) in [5.74, 6) is 0.881. The van der Waals surface area contributed by atoms with Crippen LogP contribution in [0.1, 0.15) is 63.9 Å². The van der Waals surface area contributed by atoms with Gasteiger partial charge in [0.25, 0.3) is 0 Å². The second-order valence-corrected chi connectivity index (χ2v) is 7.13. The number of benzene rings is 1. The molecule has 22 heavy (non-hydrogen) atoms. The van der Waals surface area contributed by atoms with E-state index in [4.69, 9.17) is 0 Å². The average molecular weight is 299 g/mol. The first-order valence-electron chi connectivity index (χ1n) is 9.10. The highest BCUT2D eigenvalue weighted by atomic mass is 16.1. The Morgan fingerprint density at radius 1 is 1.14 bits per heavy atom. The van der Waals surface area contributed by atoms with E-state index < -0.39 is 0 Å². The second-order valence-electron chi connectivity index (χ2n) is 7.13. The van der Waals surface area contributed by atoms with Gasteiger partial charge in [-0.2, -0.15) is 0 Å². The van der Waals surface area contributed by atoms with Crippen molar-refractivity contribution in [2.24, 2.45) is 5.92 Å². The highest BCUT2D eigenvalue weighted by Gasteiger charge is 2.39. The number of fused-ring (bicyclic) bond motifs is 2. The number of rotatable bonds is 6. The van der Waals surface area contributed by atoms with Crippen molar-refractivity contribution in [2.45, 2.75) is 76.9 Å². The predicted molar refractivity (Wildman–Crippen MR) is 90.7 cm³/mol. The third-order valence-electron chi connectivity index (χ3n) is 5.57. The van der Waals surface area contributed by atoms with Gasteiger partial charge in [-0.15, -0.1) is 0 Å². The molecule has 0 spiro atoms. The van der Waals surface area contributed by atoms with Crippen LogP contribution in [0.15, 0.2) is 30.3 Å². The molecule has 2 heteroatoms. The second kappa shape index (κ2) is 7.41. The number of Topliss-reactive ketones (excluding diaryl/α,β-unsaturated/α-hetero) is 1. The SMILES string of the molecule is CCCCC(=O)C1CC2CCCC(C1)N2Cc1ccccc1. The number of ketones is 1. The Balaban J connectivity index is 1.65. The molecule has 2 heterocycles.